The van der Waals surface area contributed by atoms with Gasteiger partial charge in [-0.1, -0.05) is 19.9 Å². The van der Waals surface area contributed by atoms with Crippen molar-refractivity contribution in [3.8, 4) is 0 Å². The summed E-state index contributed by atoms with van der Waals surface area (Å²) < 4.78 is 33.7. The van der Waals surface area contributed by atoms with Crippen LogP contribution in [-0.2, 0) is 21.3 Å². The maximum atomic E-state index is 12.5. The molecule has 0 saturated carbocycles. The van der Waals surface area contributed by atoms with Crippen LogP contribution in [0.2, 0.25) is 0 Å². The lowest BCUT2D eigenvalue weighted by molar-refractivity contribution is 0.102. The lowest BCUT2D eigenvalue weighted by Gasteiger charge is -2.17. The number of hydrogen-bond acceptors (Lipinski definition) is 6. The number of carbonyl (C=O) groups is 1. The van der Waals surface area contributed by atoms with Gasteiger partial charge in [0.1, 0.15) is 0 Å². The number of aromatic nitrogens is 2. The summed E-state index contributed by atoms with van der Waals surface area (Å²) in [4.78, 5) is 14.8. The summed E-state index contributed by atoms with van der Waals surface area (Å²) in [5.74, 6) is -0.401. The maximum absolute atomic E-state index is 12.5. The molecule has 0 aliphatic rings. The van der Waals surface area contributed by atoms with Crippen LogP contribution in [0.3, 0.4) is 0 Å². The molecule has 0 unspecified atom stereocenters. The molecule has 0 radical (unpaired) electrons. The van der Waals surface area contributed by atoms with E-state index in [0.29, 0.717) is 5.69 Å². The van der Waals surface area contributed by atoms with E-state index in [1.54, 1.807) is 23.1 Å². The maximum Gasteiger partial charge on any atom is 0.255 e. The van der Waals surface area contributed by atoms with Crippen LogP contribution in [0.25, 0.3) is 0 Å². The fourth-order valence-corrected chi connectivity index (χ4v) is 3.76. The van der Waals surface area contributed by atoms with Gasteiger partial charge in [0, 0.05) is 32.0 Å². The Kier molecular flexibility index (Phi) is 8.77. The second-order valence-electron chi connectivity index (χ2n) is 6.39. The Balaban J connectivity index is 2.01. The molecule has 9 nitrogen and oxygen atoms in total. The zero-order chi connectivity index (χ0) is 21.3. The van der Waals surface area contributed by atoms with Gasteiger partial charge < -0.3 is 15.0 Å². The van der Waals surface area contributed by atoms with Crippen LogP contribution in [0.15, 0.2) is 41.6 Å². The minimum atomic E-state index is -3.71. The molecule has 2 N–H and O–H groups in total. The van der Waals surface area contributed by atoms with Gasteiger partial charge >= 0.3 is 0 Å². The summed E-state index contributed by atoms with van der Waals surface area (Å²) >= 11 is 0. The molecule has 160 valence electrons. The van der Waals surface area contributed by atoms with Gasteiger partial charge in [-0.05, 0) is 31.3 Å². The molecule has 0 bridgehead atoms. The zero-order valence-corrected chi connectivity index (χ0v) is 17.9. The summed E-state index contributed by atoms with van der Waals surface area (Å²) in [6.07, 6.45) is 3.33. The highest BCUT2D eigenvalue weighted by molar-refractivity contribution is 7.89. The molecule has 1 heterocycles. The van der Waals surface area contributed by atoms with Crippen LogP contribution >= 0.6 is 0 Å². The molecule has 0 aliphatic carbocycles. The third-order valence-electron chi connectivity index (χ3n) is 4.44. The van der Waals surface area contributed by atoms with Crippen LogP contribution in [0.4, 0.5) is 5.69 Å². The van der Waals surface area contributed by atoms with E-state index in [0.717, 1.165) is 26.2 Å². The summed E-state index contributed by atoms with van der Waals surface area (Å²) in [5, 5.41) is 7.01. The fourth-order valence-electron chi connectivity index (χ4n) is 2.70. The Labute approximate surface area is 172 Å². The van der Waals surface area contributed by atoms with E-state index in [-0.39, 0.29) is 23.6 Å². The number of hydrogen-bond donors (Lipinski definition) is 2. The topological polar surface area (TPSA) is 106 Å². The van der Waals surface area contributed by atoms with Gasteiger partial charge in [-0.2, -0.15) is 5.10 Å². The molecule has 10 heteroatoms. The Hall–Kier alpha value is -2.27. The average molecular weight is 424 g/mol. The van der Waals surface area contributed by atoms with Crippen molar-refractivity contribution >= 4 is 21.6 Å². The number of amides is 1. The molecule has 0 spiro atoms. The van der Waals surface area contributed by atoms with Crippen LogP contribution in [0.1, 0.15) is 24.2 Å². The van der Waals surface area contributed by atoms with Gasteiger partial charge in [0.25, 0.3) is 5.91 Å². The number of sulfonamides is 1. The Morgan fingerprint density at radius 2 is 2.03 bits per heavy atom. The quantitative estimate of drug-likeness (QED) is 0.500. The van der Waals surface area contributed by atoms with Crippen molar-refractivity contribution in [2.75, 3.05) is 45.2 Å². The van der Waals surface area contributed by atoms with E-state index in [4.69, 9.17) is 4.74 Å². The zero-order valence-electron chi connectivity index (χ0n) is 17.1. The molecule has 1 aromatic carbocycles. The average Bonchev–Trinajstić information content (AvgIpc) is 3.16. The van der Waals surface area contributed by atoms with Gasteiger partial charge in [-0.25, -0.2) is 13.1 Å². The van der Waals surface area contributed by atoms with Crippen LogP contribution < -0.4 is 10.0 Å². The van der Waals surface area contributed by atoms with E-state index >= 15 is 0 Å². The number of nitrogens with zero attached hydrogens (tertiary/aromatic N) is 3. The molecule has 0 saturated heterocycles. The standard InChI is InChI=1S/C19H29N5O4S/c1-4-23(5-2)10-11-24-15-17(14-20-24)22-19(25)16-7-6-8-18(13-16)29(26,27)21-9-12-28-3/h6-8,13-15,21H,4-5,9-12H2,1-3H3,(H,22,25). The first-order valence-electron chi connectivity index (χ1n) is 9.54. The second kappa shape index (κ2) is 11.1. The van der Waals surface area contributed by atoms with Gasteiger partial charge in [0.05, 0.1) is 29.9 Å². The minimum absolute atomic E-state index is 0.0242. The van der Waals surface area contributed by atoms with Crippen LogP contribution in [0, 0.1) is 0 Å². The molecule has 29 heavy (non-hydrogen) atoms. The van der Waals surface area contributed by atoms with Gasteiger partial charge in [0.2, 0.25) is 10.0 Å². The molecular formula is C19H29N5O4S. The highest BCUT2D eigenvalue weighted by Gasteiger charge is 2.16. The Morgan fingerprint density at radius 1 is 1.28 bits per heavy atom. The number of methoxy groups -OCH3 is 1. The molecule has 1 aromatic heterocycles. The highest BCUT2D eigenvalue weighted by Crippen LogP contribution is 2.14. The Bertz CT molecular complexity index is 894. The van der Waals surface area contributed by atoms with Crippen molar-refractivity contribution in [3.05, 3.63) is 42.2 Å². The normalized spacial score (nSPS) is 11.7. The molecule has 1 amide bonds. The van der Waals surface area contributed by atoms with E-state index in [1.807, 2.05) is 0 Å². The fraction of sp³-hybridized carbons (Fsp3) is 0.474. The number of anilines is 1. The van der Waals surface area contributed by atoms with Crippen LogP contribution in [-0.4, -0.2) is 68.9 Å². The molecule has 0 aliphatic heterocycles. The van der Waals surface area contributed by atoms with Crippen molar-refractivity contribution in [1.82, 2.24) is 19.4 Å². The van der Waals surface area contributed by atoms with Gasteiger partial charge in [0.15, 0.2) is 0 Å². The summed E-state index contributed by atoms with van der Waals surface area (Å²) in [6, 6.07) is 5.88. The highest BCUT2D eigenvalue weighted by atomic mass is 32.2. The number of likely N-dealkylation sites (N-methyl/N-ethyl adjacent to an activating group) is 1. The molecule has 2 rings (SSSR count). The van der Waals surface area contributed by atoms with Crippen molar-refractivity contribution in [1.29, 1.82) is 0 Å². The van der Waals surface area contributed by atoms with Gasteiger partial charge in [-0.3, -0.25) is 9.48 Å². The summed E-state index contributed by atoms with van der Waals surface area (Å²) in [6.45, 7) is 8.18. The number of carbonyl (C=O) groups excluding carboxylic acids is 1. The second-order valence-corrected chi connectivity index (χ2v) is 8.16. The first kappa shape index (κ1) is 23.0. The van der Waals surface area contributed by atoms with E-state index in [1.165, 1.54) is 25.3 Å². The third-order valence-corrected chi connectivity index (χ3v) is 5.89. The van der Waals surface area contributed by atoms with E-state index in [2.05, 4.69) is 33.9 Å². The molecule has 0 fully saturated rings. The first-order chi connectivity index (χ1) is 13.9. The molecule has 0 atom stereocenters. The number of benzene rings is 1. The first-order valence-corrected chi connectivity index (χ1v) is 11.0. The van der Waals surface area contributed by atoms with Crippen molar-refractivity contribution in [2.45, 2.75) is 25.3 Å². The summed E-state index contributed by atoms with van der Waals surface area (Å²) in [7, 11) is -2.22. The predicted octanol–water partition coefficient (Wildman–Crippen LogP) is 1.40. The van der Waals surface area contributed by atoms with Crippen molar-refractivity contribution < 1.29 is 17.9 Å². The third kappa shape index (κ3) is 6.93. The van der Waals surface area contributed by atoms with Crippen molar-refractivity contribution in [2.24, 2.45) is 0 Å². The van der Waals surface area contributed by atoms with Gasteiger partial charge in [-0.15, -0.1) is 0 Å². The lowest BCUT2D eigenvalue weighted by Crippen LogP contribution is -2.27. The monoisotopic (exact) mass is 423 g/mol. The minimum Gasteiger partial charge on any atom is -0.383 e. The number of rotatable bonds is 12. The number of ether oxygens (including phenoxy) is 1. The largest absolute Gasteiger partial charge is 0.383 e. The van der Waals surface area contributed by atoms with E-state index in [9.17, 15) is 13.2 Å². The SMILES string of the molecule is CCN(CC)CCn1cc(NC(=O)c2cccc(S(=O)(=O)NCCOC)c2)cn1. The van der Waals surface area contributed by atoms with E-state index < -0.39 is 15.9 Å². The summed E-state index contributed by atoms with van der Waals surface area (Å²) in [5.41, 5.74) is 0.802. The predicted molar refractivity (Wildman–Crippen MR) is 111 cm³/mol. The van der Waals surface area contributed by atoms with Crippen molar-refractivity contribution in [3.63, 3.8) is 0 Å². The number of nitrogens with one attached hydrogen (secondary N) is 2. The Morgan fingerprint density at radius 3 is 2.72 bits per heavy atom. The molecule has 2 aromatic rings. The smallest absolute Gasteiger partial charge is 0.255 e. The molecular weight excluding hydrogens is 394 g/mol. The van der Waals surface area contributed by atoms with Crippen LogP contribution in [0.5, 0.6) is 0 Å². The lowest BCUT2D eigenvalue weighted by atomic mass is 10.2.